The Morgan fingerprint density at radius 1 is 1.36 bits per heavy atom. The zero-order valence-electron chi connectivity index (χ0n) is 14.4. The lowest BCUT2D eigenvalue weighted by Gasteiger charge is -2.41. The number of rotatable bonds is 8. The molecule has 1 fully saturated rings. The van der Waals surface area contributed by atoms with Gasteiger partial charge < -0.3 is 15.2 Å². The van der Waals surface area contributed by atoms with Crippen LogP contribution in [0.3, 0.4) is 0 Å². The molecule has 0 amide bonds. The first-order chi connectivity index (χ1) is 10.7. The Bertz CT molecular complexity index is 468. The average Bonchev–Trinajstić information content (AvgIpc) is 2.89. The van der Waals surface area contributed by atoms with E-state index in [1.54, 1.807) is 0 Å². The second-order valence-electron chi connectivity index (χ2n) is 6.43. The maximum absolute atomic E-state index is 4.32. The predicted octanol–water partition coefficient (Wildman–Crippen LogP) is 2.72. The Balaban J connectivity index is 1.59. The van der Waals surface area contributed by atoms with E-state index in [1.165, 1.54) is 25.7 Å². The fraction of sp³-hybridized carbons (Fsp3) is 0.765. The molecule has 1 saturated carbocycles. The van der Waals surface area contributed by atoms with E-state index < -0.39 is 0 Å². The van der Waals surface area contributed by atoms with Gasteiger partial charge in [0, 0.05) is 39.1 Å². The van der Waals surface area contributed by atoms with Crippen molar-refractivity contribution in [3.63, 3.8) is 0 Å². The van der Waals surface area contributed by atoms with Crippen LogP contribution >= 0.6 is 0 Å². The second kappa shape index (κ2) is 8.20. The Morgan fingerprint density at radius 2 is 2.18 bits per heavy atom. The molecule has 5 nitrogen and oxygen atoms in total. The first-order valence-corrected chi connectivity index (χ1v) is 8.61. The third-order valence-electron chi connectivity index (χ3n) is 5.06. The highest BCUT2D eigenvalue weighted by Crippen LogP contribution is 2.42. The van der Waals surface area contributed by atoms with Crippen molar-refractivity contribution in [3.8, 4) is 0 Å². The van der Waals surface area contributed by atoms with Crippen LogP contribution < -0.4 is 10.6 Å². The van der Waals surface area contributed by atoms with Gasteiger partial charge in [0.05, 0.1) is 0 Å². The third-order valence-corrected chi connectivity index (χ3v) is 5.06. The van der Waals surface area contributed by atoms with Crippen LogP contribution in [0.1, 0.15) is 51.3 Å². The van der Waals surface area contributed by atoms with Crippen LogP contribution in [0.15, 0.2) is 17.4 Å². The Labute approximate surface area is 134 Å². The molecule has 0 spiro atoms. The molecule has 5 heteroatoms. The lowest BCUT2D eigenvalue weighted by molar-refractivity contribution is 0.131. The van der Waals surface area contributed by atoms with Crippen LogP contribution in [0, 0.1) is 12.3 Å². The minimum atomic E-state index is 0.524. The molecule has 22 heavy (non-hydrogen) atoms. The number of nitrogens with zero attached hydrogens (tertiary/aromatic N) is 3. The number of aryl methyl sites for hydroxylation is 2. The summed E-state index contributed by atoms with van der Waals surface area (Å²) < 4.78 is 2.20. The minimum Gasteiger partial charge on any atom is -0.356 e. The van der Waals surface area contributed by atoms with Crippen molar-refractivity contribution in [2.24, 2.45) is 10.4 Å². The van der Waals surface area contributed by atoms with Crippen molar-refractivity contribution in [1.82, 2.24) is 20.2 Å². The molecule has 0 aliphatic heterocycles. The molecule has 1 aromatic rings. The van der Waals surface area contributed by atoms with E-state index in [9.17, 15) is 0 Å². The van der Waals surface area contributed by atoms with Crippen molar-refractivity contribution in [2.75, 3.05) is 20.1 Å². The zero-order chi connectivity index (χ0) is 15.8. The molecule has 0 radical (unpaired) electrons. The van der Waals surface area contributed by atoms with E-state index in [1.807, 2.05) is 26.4 Å². The molecule has 0 aromatic carbocycles. The van der Waals surface area contributed by atoms with Crippen LogP contribution in [0.5, 0.6) is 0 Å². The van der Waals surface area contributed by atoms with E-state index in [4.69, 9.17) is 0 Å². The summed E-state index contributed by atoms with van der Waals surface area (Å²) in [7, 11) is 1.85. The van der Waals surface area contributed by atoms with Gasteiger partial charge in [-0.1, -0.05) is 13.3 Å². The van der Waals surface area contributed by atoms with Gasteiger partial charge in [0.2, 0.25) is 0 Å². The van der Waals surface area contributed by atoms with Gasteiger partial charge in [-0.2, -0.15) is 0 Å². The van der Waals surface area contributed by atoms with Crippen molar-refractivity contribution in [3.05, 3.63) is 18.2 Å². The molecule has 1 heterocycles. The molecular weight excluding hydrogens is 274 g/mol. The summed E-state index contributed by atoms with van der Waals surface area (Å²) in [6, 6.07) is 0. The van der Waals surface area contributed by atoms with E-state index in [-0.39, 0.29) is 0 Å². The van der Waals surface area contributed by atoms with Crippen LogP contribution in [0.2, 0.25) is 0 Å². The average molecular weight is 305 g/mol. The number of aliphatic imine (C=N–C) groups is 1. The molecule has 2 rings (SSSR count). The largest absolute Gasteiger partial charge is 0.356 e. The lowest BCUT2D eigenvalue weighted by atomic mass is 9.67. The van der Waals surface area contributed by atoms with Gasteiger partial charge in [-0.25, -0.2) is 4.98 Å². The Hall–Kier alpha value is -1.52. The summed E-state index contributed by atoms with van der Waals surface area (Å²) >= 11 is 0. The van der Waals surface area contributed by atoms with Crippen LogP contribution in [0.4, 0.5) is 0 Å². The molecular formula is C17H31N5. The minimum absolute atomic E-state index is 0.524. The summed E-state index contributed by atoms with van der Waals surface area (Å²) in [6.45, 7) is 7.41. The summed E-state index contributed by atoms with van der Waals surface area (Å²) in [6.07, 6.45) is 11.6. The SMILES string of the molecule is CCC1(CNC(=NC)NCCCCn2ccnc2C)CCC1. The van der Waals surface area contributed by atoms with E-state index >= 15 is 0 Å². The molecule has 0 saturated heterocycles. The second-order valence-corrected chi connectivity index (χ2v) is 6.43. The number of guanidine groups is 1. The Morgan fingerprint density at radius 3 is 2.73 bits per heavy atom. The van der Waals surface area contributed by atoms with Crippen molar-refractivity contribution >= 4 is 5.96 Å². The van der Waals surface area contributed by atoms with Gasteiger partial charge in [0.15, 0.2) is 5.96 Å². The van der Waals surface area contributed by atoms with Crippen molar-refractivity contribution in [1.29, 1.82) is 0 Å². The number of hydrogen-bond donors (Lipinski definition) is 2. The topological polar surface area (TPSA) is 54.2 Å². The molecule has 1 aromatic heterocycles. The number of aromatic nitrogens is 2. The van der Waals surface area contributed by atoms with Crippen LogP contribution in [-0.2, 0) is 6.54 Å². The molecule has 0 bridgehead atoms. The summed E-state index contributed by atoms with van der Waals surface area (Å²) in [5, 5.41) is 6.92. The summed E-state index contributed by atoms with van der Waals surface area (Å²) in [5.41, 5.74) is 0.524. The number of unbranched alkanes of at least 4 members (excludes halogenated alkanes) is 1. The number of imidazole rings is 1. The van der Waals surface area contributed by atoms with Gasteiger partial charge in [0.25, 0.3) is 0 Å². The van der Waals surface area contributed by atoms with Crippen molar-refractivity contribution < 1.29 is 0 Å². The zero-order valence-corrected chi connectivity index (χ0v) is 14.4. The highest BCUT2D eigenvalue weighted by Gasteiger charge is 2.34. The highest BCUT2D eigenvalue weighted by atomic mass is 15.2. The van der Waals surface area contributed by atoms with Gasteiger partial charge in [0.1, 0.15) is 5.82 Å². The number of hydrogen-bond acceptors (Lipinski definition) is 2. The van der Waals surface area contributed by atoms with Crippen molar-refractivity contribution in [2.45, 2.75) is 58.9 Å². The Kier molecular flexibility index (Phi) is 6.28. The maximum atomic E-state index is 4.32. The van der Waals surface area contributed by atoms with Gasteiger partial charge in [-0.15, -0.1) is 0 Å². The molecule has 0 atom stereocenters. The molecule has 1 aliphatic rings. The normalized spacial score (nSPS) is 17.1. The van der Waals surface area contributed by atoms with Crippen LogP contribution in [-0.4, -0.2) is 35.6 Å². The molecule has 2 N–H and O–H groups in total. The maximum Gasteiger partial charge on any atom is 0.190 e. The van der Waals surface area contributed by atoms with E-state index in [2.05, 4.69) is 32.1 Å². The smallest absolute Gasteiger partial charge is 0.190 e. The first kappa shape index (κ1) is 16.8. The fourth-order valence-electron chi connectivity index (χ4n) is 3.08. The predicted molar refractivity (Wildman–Crippen MR) is 92.1 cm³/mol. The molecule has 124 valence electrons. The van der Waals surface area contributed by atoms with Gasteiger partial charge in [-0.3, -0.25) is 4.99 Å². The van der Waals surface area contributed by atoms with E-state index in [0.717, 1.165) is 44.3 Å². The third kappa shape index (κ3) is 4.49. The standard InChI is InChI=1S/C17H31N5/c1-4-17(8-7-9-17)14-21-16(18-3)20-10-5-6-12-22-13-11-19-15(22)2/h11,13H,4-10,12,14H2,1-3H3,(H2,18,20,21). The van der Waals surface area contributed by atoms with Crippen LogP contribution in [0.25, 0.3) is 0 Å². The summed E-state index contributed by atoms with van der Waals surface area (Å²) in [5.74, 6) is 2.04. The quantitative estimate of drug-likeness (QED) is 0.441. The molecule has 1 aliphatic carbocycles. The van der Waals surface area contributed by atoms with Gasteiger partial charge >= 0.3 is 0 Å². The monoisotopic (exact) mass is 305 g/mol. The summed E-state index contributed by atoms with van der Waals surface area (Å²) in [4.78, 5) is 8.57. The number of nitrogens with one attached hydrogen (secondary N) is 2. The highest BCUT2D eigenvalue weighted by molar-refractivity contribution is 5.79. The van der Waals surface area contributed by atoms with E-state index in [0.29, 0.717) is 5.41 Å². The molecule has 0 unspecified atom stereocenters. The fourth-order valence-corrected chi connectivity index (χ4v) is 3.08. The lowest BCUT2D eigenvalue weighted by Crippen LogP contribution is -2.46. The first-order valence-electron chi connectivity index (χ1n) is 8.61. The van der Waals surface area contributed by atoms with Gasteiger partial charge in [-0.05, 0) is 44.4 Å².